The summed E-state index contributed by atoms with van der Waals surface area (Å²) in [6.07, 6.45) is 9.15. The number of anilines is 1. The maximum atomic E-state index is 12.4. The zero-order valence-corrected chi connectivity index (χ0v) is 13.1. The van der Waals surface area contributed by atoms with Gasteiger partial charge in [0.25, 0.3) is 0 Å². The molecule has 1 aromatic heterocycles. The molecule has 0 bridgehead atoms. The number of aromatic nitrogens is 1. The van der Waals surface area contributed by atoms with Crippen LogP contribution in [0, 0.1) is 0 Å². The Morgan fingerprint density at radius 1 is 1.30 bits per heavy atom. The van der Waals surface area contributed by atoms with Gasteiger partial charge in [-0.3, -0.25) is 9.88 Å². The molecule has 1 saturated carbocycles. The van der Waals surface area contributed by atoms with Crippen LogP contribution < -0.4 is 4.90 Å². The third-order valence-corrected chi connectivity index (χ3v) is 4.47. The van der Waals surface area contributed by atoms with Gasteiger partial charge in [-0.1, -0.05) is 6.42 Å². The quantitative estimate of drug-likeness (QED) is 0.775. The first-order valence-corrected chi connectivity index (χ1v) is 8.16. The largest absolute Gasteiger partial charge is 0.446 e. The Morgan fingerprint density at radius 3 is 2.90 bits per heavy atom. The smallest absolute Gasteiger partial charge is 0.414 e. The second-order valence-corrected chi connectivity index (χ2v) is 6.43. The lowest BCUT2D eigenvalue weighted by Gasteiger charge is -2.30. The number of halogens is 1. The molecule has 0 atom stereocenters. The molecule has 0 saturated heterocycles. The fourth-order valence-electron chi connectivity index (χ4n) is 2.99. The predicted molar refractivity (Wildman–Crippen MR) is 81.0 cm³/mol. The minimum Gasteiger partial charge on any atom is -0.446 e. The van der Waals surface area contributed by atoms with Crippen LogP contribution in [0.4, 0.5) is 10.5 Å². The third kappa shape index (κ3) is 2.97. The summed E-state index contributed by atoms with van der Waals surface area (Å²) >= 11 is 3.42. The highest BCUT2D eigenvalue weighted by molar-refractivity contribution is 9.10. The van der Waals surface area contributed by atoms with Crippen molar-refractivity contribution in [3.05, 3.63) is 22.4 Å². The molecule has 20 heavy (non-hydrogen) atoms. The summed E-state index contributed by atoms with van der Waals surface area (Å²) in [6.45, 7) is 0.719. The predicted octanol–water partition coefficient (Wildman–Crippen LogP) is 4.07. The molecule has 0 spiro atoms. The van der Waals surface area contributed by atoms with Crippen LogP contribution in [-0.2, 0) is 11.2 Å². The lowest BCUT2D eigenvalue weighted by Crippen LogP contribution is -2.38. The van der Waals surface area contributed by atoms with Crippen molar-refractivity contribution < 1.29 is 9.53 Å². The minimum absolute atomic E-state index is 0.0988. The molecule has 5 heteroatoms. The molecule has 108 valence electrons. The molecule has 2 aliphatic rings. The second kappa shape index (κ2) is 6.12. The first kappa shape index (κ1) is 13.9. The van der Waals surface area contributed by atoms with Crippen LogP contribution in [0.1, 0.15) is 44.2 Å². The van der Waals surface area contributed by atoms with Gasteiger partial charge in [-0.2, -0.15) is 0 Å². The van der Waals surface area contributed by atoms with E-state index in [-0.39, 0.29) is 12.2 Å². The molecule has 0 unspecified atom stereocenters. The van der Waals surface area contributed by atoms with Gasteiger partial charge in [-0.25, -0.2) is 4.79 Å². The van der Waals surface area contributed by atoms with Gasteiger partial charge in [0.2, 0.25) is 0 Å². The van der Waals surface area contributed by atoms with Crippen molar-refractivity contribution in [2.75, 3.05) is 11.4 Å². The third-order valence-electron chi connectivity index (χ3n) is 4.04. The lowest BCUT2D eigenvalue weighted by atomic mass is 9.98. The SMILES string of the molecule is O=C(OC1CCCCC1)N1CCCc2ncc(Br)cc21. The molecule has 1 amide bonds. The van der Waals surface area contributed by atoms with E-state index in [2.05, 4.69) is 20.9 Å². The van der Waals surface area contributed by atoms with E-state index in [4.69, 9.17) is 4.74 Å². The van der Waals surface area contributed by atoms with Crippen molar-refractivity contribution in [2.45, 2.75) is 51.0 Å². The number of pyridine rings is 1. The zero-order chi connectivity index (χ0) is 13.9. The average Bonchev–Trinajstić information content (AvgIpc) is 2.47. The number of carbonyl (C=O) groups is 1. The normalized spacial score (nSPS) is 19.6. The van der Waals surface area contributed by atoms with E-state index in [1.165, 1.54) is 19.3 Å². The standard InChI is InChI=1S/C15H19BrN2O2/c16-11-9-14-13(17-10-11)7-4-8-18(14)15(19)20-12-5-2-1-3-6-12/h9-10,12H,1-8H2. The van der Waals surface area contributed by atoms with Crippen molar-refractivity contribution >= 4 is 27.7 Å². The maximum Gasteiger partial charge on any atom is 0.414 e. The zero-order valence-electron chi connectivity index (χ0n) is 11.5. The van der Waals surface area contributed by atoms with Crippen LogP contribution in [0.5, 0.6) is 0 Å². The number of ether oxygens (including phenoxy) is 1. The number of hydrogen-bond donors (Lipinski definition) is 0. The summed E-state index contributed by atoms with van der Waals surface area (Å²) in [5.41, 5.74) is 1.88. The number of amides is 1. The van der Waals surface area contributed by atoms with Gasteiger partial charge in [-0.15, -0.1) is 0 Å². The van der Waals surface area contributed by atoms with Crippen LogP contribution in [0.2, 0.25) is 0 Å². The Hall–Kier alpha value is -1.10. The molecular weight excluding hydrogens is 320 g/mol. The van der Waals surface area contributed by atoms with E-state index in [1.807, 2.05) is 6.07 Å². The van der Waals surface area contributed by atoms with E-state index in [1.54, 1.807) is 11.1 Å². The van der Waals surface area contributed by atoms with Crippen molar-refractivity contribution in [1.82, 2.24) is 4.98 Å². The van der Waals surface area contributed by atoms with Crippen molar-refractivity contribution in [3.63, 3.8) is 0 Å². The number of rotatable bonds is 1. The number of nitrogens with zero attached hydrogens (tertiary/aromatic N) is 2. The summed E-state index contributed by atoms with van der Waals surface area (Å²) in [7, 11) is 0. The van der Waals surface area contributed by atoms with E-state index in [0.717, 1.165) is 48.1 Å². The van der Waals surface area contributed by atoms with Crippen molar-refractivity contribution in [3.8, 4) is 0 Å². The summed E-state index contributed by atoms with van der Waals surface area (Å²) in [4.78, 5) is 18.5. The number of aryl methyl sites for hydroxylation is 1. The van der Waals surface area contributed by atoms with Crippen LogP contribution in [-0.4, -0.2) is 23.7 Å². The Labute approximate surface area is 127 Å². The molecule has 2 heterocycles. The Morgan fingerprint density at radius 2 is 2.10 bits per heavy atom. The molecule has 0 N–H and O–H groups in total. The van der Waals surface area contributed by atoms with Crippen LogP contribution in [0.15, 0.2) is 16.7 Å². The van der Waals surface area contributed by atoms with Crippen LogP contribution >= 0.6 is 15.9 Å². The Kier molecular flexibility index (Phi) is 4.24. The summed E-state index contributed by atoms with van der Waals surface area (Å²) < 4.78 is 6.57. The highest BCUT2D eigenvalue weighted by Crippen LogP contribution is 2.30. The van der Waals surface area contributed by atoms with E-state index in [0.29, 0.717) is 0 Å². The first-order chi connectivity index (χ1) is 9.74. The molecule has 4 nitrogen and oxygen atoms in total. The Bertz CT molecular complexity index is 501. The molecule has 3 rings (SSSR count). The minimum atomic E-state index is -0.210. The van der Waals surface area contributed by atoms with Gasteiger partial charge in [-0.05, 0) is 60.5 Å². The highest BCUT2D eigenvalue weighted by Gasteiger charge is 2.27. The first-order valence-electron chi connectivity index (χ1n) is 7.36. The fraction of sp³-hybridized carbons (Fsp3) is 0.600. The van der Waals surface area contributed by atoms with E-state index < -0.39 is 0 Å². The summed E-state index contributed by atoms with van der Waals surface area (Å²) in [5.74, 6) is 0. The van der Waals surface area contributed by atoms with Crippen LogP contribution in [0.25, 0.3) is 0 Å². The topological polar surface area (TPSA) is 42.4 Å². The van der Waals surface area contributed by atoms with Gasteiger partial charge in [0, 0.05) is 17.2 Å². The number of carbonyl (C=O) groups excluding carboxylic acids is 1. The summed E-state index contributed by atoms with van der Waals surface area (Å²) in [6, 6.07) is 1.96. The van der Waals surface area contributed by atoms with Crippen molar-refractivity contribution in [2.24, 2.45) is 0 Å². The van der Waals surface area contributed by atoms with E-state index in [9.17, 15) is 4.79 Å². The van der Waals surface area contributed by atoms with Crippen molar-refractivity contribution in [1.29, 1.82) is 0 Å². The Balaban J connectivity index is 1.74. The summed E-state index contributed by atoms with van der Waals surface area (Å²) in [5, 5.41) is 0. The molecule has 0 aromatic carbocycles. The maximum absolute atomic E-state index is 12.4. The average molecular weight is 339 g/mol. The second-order valence-electron chi connectivity index (χ2n) is 5.52. The monoisotopic (exact) mass is 338 g/mol. The molecule has 1 aliphatic heterocycles. The van der Waals surface area contributed by atoms with Gasteiger partial charge >= 0.3 is 6.09 Å². The van der Waals surface area contributed by atoms with E-state index >= 15 is 0 Å². The van der Waals surface area contributed by atoms with Gasteiger partial charge in [0.15, 0.2) is 0 Å². The van der Waals surface area contributed by atoms with Crippen LogP contribution in [0.3, 0.4) is 0 Å². The number of fused-ring (bicyclic) bond motifs is 1. The molecule has 1 aromatic rings. The molecule has 1 aliphatic carbocycles. The van der Waals surface area contributed by atoms with Gasteiger partial charge in [0.05, 0.1) is 11.4 Å². The highest BCUT2D eigenvalue weighted by atomic mass is 79.9. The number of hydrogen-bond acceptors (Lipinski definition) is 3. The molecular formula is C15H19BrN2O2. The van der Waals surface area contributed by atoms with Gasteiger partial charge < -0.3 is 4.74 Å². The molecule has 1 fully saturated rings. The van der Waals surface area contributed by atoms with Gasteiger partial charge in [0.1, 0.15) is 6.10 Å². The fourth-order valence-corrected chi connectivity index (χ4v) is 3.31. The lowest BCUT2D eigenvalue weighted by molar-refractivity contribution is 0.0805. The molecule has 0 radical (unpaired) electrons.